The van der Waals surface area contributed by atoms with Crippen LogP contribution in [0.1, 0.15) is 28.0 Å². The molecule has 0 bridgehead atoms. The number of aromatic nitrogens is 1. The minimum Gasteiger partial charge on any atom is -0.348 e. The molecule has 1 amide bonds. The largest absolute Gasteiger partial charge is 0.348 e. The molecule has 0 spiro atoms. The molecular weight excluding hydrogens is 300 g/mol. The fourth-order valence-corrected chi connectivity index (χ4v) is 4.75. The molecule has 2 heterocycles. The van der Waals surface area contributed by atoms with Gasteiger partial charge in [0.2, 0.25) is 0 Å². The van der Waals surface area contributed by atoms with Crippen LogP contribution >= 0.6 is 0 Å². The SMILES string of the molecule is Cc1c(C)n(C)c2ccc(C(=O)N[C@@H]3CCS(=O)(=O)C3)cc12. The molecule has 3 rings (SSSR count). The lowest BCUT2D eigenvalue weighted by Gasteiger charge is -2.11. The van der Waals surface area contributed by atoms with E-state index in [-0.39, 0.29) is 23.5 Å². The van der Waals surface area contributed by atoms with Crippen LogP contribution in [0.4, 0.5) is 0 Å². The molecule has 6 heteroatoms. The second-order valence-electron chi connectivity index (χ2n) is 6.07. The van der Waals surface area contributed by atoms with Crippen LogP contribution in [-0.4, -0.2) is 36.4 Å². The van der Waals surface area contributed by atoms with Crippen LogP contribution in [0, 0.1) is 13.8 Å². The highest BCUT2D eigenvalue weighted by molar-refractivity contribution is 7.91. The van der Waals surface area contributed by atoms with Crippen LogP contribution in [-0.2, 0) is 16.9 Å². The van der Waals surface area contributed by atoms with Crippen LogP contribution in [0.2, 0.25) is 0 Å². The Morgan fingerprint density at radius 3 is 2.68 bits per heavy atom. The first kappa shape index (κ1) is 15.1. The van der Waals surface area contributed by atoms with Crippen LogP contribution in [0.3, 0.4) is 0 Å². The number of nitrogens with zero attached hydrogens (tertiary/aromatic N) is 1. The van der Waals surface area contributed by atoms with Crippen molar-refractivity contribution in [3.05, 3.63) is 35.0 Å². The van der Waals surface area contributed by atoms with Crippen molar-refractivity contribution in [2.45, 2.75) is 26.3 Å². The summed E-state index contributed by atoms with van der Waals surface area (Å²) in [6, 6.07) is 5.35. The van der Waals surface area contributed by atoms with Gasteiger partial charge in [0.05, 0.1) is 11.5 Å². The Balaban J connectivity index is 1.87. The van der Waals surface area contributed by atoms with E-state index < -0.39 is 9.84 Å². The maximum atomic E-state index is 12.3. The average Bonchev–Trinajstić information content (AvgIpc) is 2.92. The van der Waals surface area contributed by atoms with Crippen LogP contribution in [0.25, 0.3) is 10.9 Å². The summed E-state index contributed by atoms with van der Waals surface area (Å²) in [5.74, 6) is 0.00298. The first-order valence-electron chi connectivity index (χ1n) is 7.35. The third kappa shape index (κ3) is 2.52. The lowest BCUT2D eigenvalue weighted by molar-refractivity contribution is 0.0941. The lowest BCUT2D eigenvalue weighted by Crippen LogP contribution is -2.35. The van der Waals surface area contributed by atoms with Gasteiger partial charge in [-0.05, 0) is 44.0 Å². The molecule has 2 aromatic rings. The van der Waals surface area contributed by atoms with Gasteiger partial charge in [0, 0.05) is 35.2 Å². The van der Waals surface area contributed by atoms with Crippen molar-refractivity contribution in [3.8, 4) is 0 Å². The Labute approximate surface area is 130 Å². The van der Waals surface area contributed by atoms with E-state index in [4.69, 9.17) is 0 Å². The molecule has 22 heavy (non-hydrogen) atoms. The molecule has 0 radical (unpaired) electrons. The van der Waals surface area contributed by atoms with Crippen molar-refractivity contribution in [1.82, 2.24) is 9.88 Å². The Hall–Kier alpha value is -1.82. The number of amides is 1. The fraction of sp³-hybridized carbons (Fsp3) is 0.438. The number of fused-ring (bicyclic) bond motifs is 1. The van der Waals surface area contributed by atoms with Crippen molar-refractivity contribution >= 4 is 26.6 Å². The summed E-state index contributed by atoms with van der Waals surface area (Å²) in [6.07, 6.45) is 0.500. The predicted molar refractivity (Wildman–Crippen MR) is 86.9 cm³/mol. The molecule has 0 unspecified atom stereocenters. The summed E-state index contributed by atoms with van der Waals surface area (Å²) in [5, 5.41) is 3.89. The van der Waals surface area contributed by atoms with Gasteiger partial charge in [-0.1, -0.05) is 0 Å². The molecule has 1 aliphatic rings. The Morgan fingerprint density at radius 1 is 1.32 bits per heavy atom. The summed E-state index contributed by atoms with van der Waals surface area (Å²) in [6.45, 7) is 4.10. The van der Waals surface area contributed by atoms with Gasteiger partial charge in [-0.2, -0.15) is 0 Å². The van der Waals surface area contributed by atoms with Crippen molar-refractivity contribution in [1.29, 1.82) is 0 Å². The van der Waals surface area contributed by atoms with Gasteiger partial charge >= 0.3 is 0 Å². The molecular formula is C16H20N2O3S. The van der Waals surface area contributed by atoms with E-state index in [2.05, 4.69) is 16.8 Å². The number of sulfone groups is 1. The van der Waals surface area contributed by atoms with Crippen molar-refractivity contribution < 1.29 is 13.2 Å². The molecule has 118 valence electrons. The van der Waals surface area contributed by atoms with E-state index in [1.165, 1.54) is 5.69 Å². The quantitative estimate of drug-likeness (QED) is 0.916. The fourth-order valence-electron chi connectivity index (χ4n) is 3.07. The highest BCUT2D eigenvalue weighted by Crippen LogP contribution is 2.25. The van der Waals surface area contributed by atoms with E-state index in [1.54, 1.807) is 6.07 Å². The van der Waals surface area contributed by atoms with Gasteiger partial charge in [0.1, 0.15) is 0 Å². The number of hydrogen-bond acceptors (Lipinski definition) is 3. The number of carbonyl (C=O) groups is 1. The first-order chi connectivity index (χ1) is 10.3. The maximum absolute atomic E-state index is 12.3. The van der Waals surface area contributed by atoms with Gasteiger partial charge in [-0.3, -0.25) is 4.79 Å². The highest BCUT2D eigenvalue weighted by Gasteiger charge is 2.29. The molecule has 1 N–H and O–H groups in total. The molecule has 0 saturated carbocycles. The van der Waals surface area contributed by atoms with E-state index in [1.807, 2.05) is 26.1 Å². The zero-order valence-electron chi connectivity index (χ0n) is 13.0. The summed E-state index contributed by atoms with van der Waals surface area (Å²) < 4.78 is 25.0. The number of aryl methyl sites for hydroxylation is 2. The molecule has 1 aromatic carbocycles. The predicted octanol–water partition coefficient (Wildman–Crippen LogP) is 1.71. The van der Waals surface area contributed by atoms with Gasteiger partial charge < -0.3 is 9.88 Å². The monoisotopic (exact) mass is 320 g/mol. The summed E-state index contributed by atoms with van der Waals surface area (Å²) in [5.41, 5.74) is 4.01. The van der Waals surface area contributed by atoms with Gasteiger partial charge in [0.15, 0.2) is 9.84 Å². The summed E-state index contributed by atoms with van der Waals surface area (Å²) >= 11 is 0. The molecule has 1 saturated heterocycles. The van der Waals surface area contributed by atoms with Gasteiger partial charge in [-0.15, -0.1) is 0 Å². The Bertz CT molecular complexity index is 865. The molecule has 1 aromatic heterocycles. The average molecular weight is 320 g/mol. The molecule has 1 fully saturated rings. The van der Waals surface area contributed by atoms with E-state index >= 15 is 0 Å². The topological polar surface area (TPSA) is 68.2 Å². The maximum Gasteiger partial charge on any atom is 0.251 e. The van der Waals surface area contributed by atoms with Crippen LogP contribution in [0.15, 0.2) is 18.2 Å². The number of nitrogens with one attached hydrogen (secondary N) is 1. The summed E-state index contributed by atoms with van der Waals surface area (Å²) in [7, 11) is -0.977. The molecule has 1 atom stereocenters. The zero-order chi connectivity index (χ0) is 16.1. The highest BCUT2D eigenvalue weighted by atomic mass is 32.2. The van der Waals surface area contributed by atoms with Gasteiger partial charge in [-0.25, -0.2) is 8.42 Å². The van der Waals surface area contributed by atoms with Crippen LogP contribution < -0.4 is 5.32 Å². The summed E-state index contributed by atoms with van der Waals surface area (Å²) in [4.78, 5) is 12.3. The van der Waals surface area contributed by atoms with E-state index in [9.17, 15) is 13.2 Å². The minimum atomic E-state index is -2.99. The number of benzene rings is 1. The van der Waals surface area contributed by atoms with E-state index in [0.717, 1.165) is 16.5 Å². The number of carbonyl (C=O) groups excluding carboxylic acids is 1. The molecule has 0 aliphatic carbocycles. The molecule has 1 aliphatic heterocycles. The van der Waals surface area contributed by atoms with E-state index in [0.29, 0.717) is 12.0 Å². The second-order valence-corrected chi connectivity index (χ2v) is 8.30. The normalized spacial score (nSPS) is 20.4. The minimum absolute atomic E-state index is 0.0461. The third-order valence-corrected chi connectivity index (χ3v) is 6.41. The first-order valence-corrected chi connectivity index (χ1v) is 9.17. The Kier molecular flexibility index (Phi) is 3.51. The lowest BCUT2D eigenvalue weighted by atomic mass is 10.1. The van der Waals surface area contributed by atoms with Crippen LogP contribution in [0.5, 0.6) is 0 Å². The number of rotatable bonds is 2. The Morgan fingerprint density at radius 2 is 2.05 bits per heavy atom. The van der Waals surface area contributed by atoms with Crippen molar-refractivity contribution in [2.75, 3.05) is 11.5 Å². The molecule has 5 nitrogen and oxygen atoms in total. The van der Waals surface area contributed by atoms with Gasteiger partial charge in [0.25, 0.3) is 5.91 Å². The smallest absolute Gasteiger partial charge is 0.251 e. The number of hydrogen-bond donors (Lipinski definition) is 1. The third-order valence-electron chi connectivity index (χ3n) is 4.64. The van der Waals surface area contributed by atoms with Crippen molar-refractivity contribution in [3.63, 3.8) is 0 Å². The second kappa shape index (κ2) is 5.12. The van der Waals surface area contributed by atoms with Crippen molar-refractivity contribution in [2.24, 2.45) is 7.05 Å². The zero-order valence-corrected chi connectivity index (χ0v) is 13.8. The standard InChI is InChI=1S/C16H20N2O3S/c1-10-11(2)18(3)15-5-4-12(8-14(10)15)16(19)17-13-6-7-22(20,21)9-13/h4-5,8,13H,6-7,9H2,1-3H3,(H,17,19)/t13-/m1/s1.